The molecule has 13 heavy (non-hydrogen) atoms. The molecule has 3 heteroatoms. The molecule has 0 aliphatic rings. The lowest BCUT2D eigenvalue weighted by Gasteiger charge is -1.96. The number of rotatable bonds is 3. The molecule has 1 aromatic rings. The van der Waals surface area contributed by atoms with Crippen molar-refractivity contribution < 1.29 is 4.79 Å². The van der Waals surface area contributed by atoms with Gasteiger partial charge in [-0.3, -0.25) is 4.79 Å². The van der Waals surface area contributed by atoms with Crippen molar-refractivity contribution in [2.75, 3.05) is 0 Å². The maximum absolute atomic E-state index is 11.2. The molecule has 0 saturated heterocycles. The third-order valence-corrected chi connectivity index (χ3v) is 2.21. The van der Waals surface area contributed by atoms with Crippen molar-refractivity contribution in [1.29, 1.82) is 0 Å². The van der Waals surface area contributed by atoms with Crippen LogP contribution in [0.4, 0.5) is 0 Å². The maximum atomic E-state index is 11.2. The number of hydrogen-bond acceptors (Lipinski definition) is 3. The molecule has 66 valence electrons. The van der Waals surface area contributed by atoms with E-state index in [1.165, 1.54) is 0 Å². The maximum Gasteiger partial charge on any atom is 0.196 e. The van der Waals surface area contributed by atoms with Crippen molar-refractivity contribution in [3.05, 3.63) is 24.4 Å². The van der Waals surface area contributed by atoms with Gasteiger partial charge < -0.3 is 0 Å². The van der Waals surface area contributed by atoms with E-state index in [0.717, 1.165) is 16.8 Å². The lowest BCUT2D eigenvalue weighted by Crippen LogP contribution is -1.91. The van der Waals surface area contributed by atoms with Crippen LogP contribution in [-0.2, 0) is 4.79 Å². The van der Waals surface area contributed by atoms with Crippen LogP contribution >= 0.6 is 11.8 Å². The van der Waals surface area contributed by atoms with Gasteiger partial charge in [0.05, 0.1) is 0 Å². The van der Waals surface area contributed by atoms with Gasteiger partial charge in [-0.1, -0.05) is 6.07 Å². The van der Waals surface area contributed by atoms with Crippen LogP contribution in [0.2, 0.25) is 0 Å². The Morgan fingerprint density at radius 3 is 3.08 bits per heavy atom. The second-order valence-electron chi connectivity index (χ2n) is 2.35. The van der Waals surface area contributed by atoms with E-state index in [1.807, 2.05) is 12.1 Å². The van der Waals surface area contributed by atoms with E-state index in [1.54, 1.807) is 12.3 Å². The molecule has 2 nitrogen and oxygen atoms in total. The third-order valence-electron chi connectivity index (χ3n) is 1.33. The lowest BCUT2D eigenvalue weighted by atomic mass is 10.3. The summed E-state index contributed by atoms with van der Waals surface area (Å²) in [6.45, 7) is 0. The number of thioether (sulfide) groups is 1. The number of nitrogens with zero attached hydrogens (tertiary/aromatic N) is 1. The summed E-state index contributed by atoms with van der Waals surface area (Å²) in [5, 5.41) is 0.793. The average molecular weight is 191 g/mol. The fourth-order valence-electron chi connectivity index (χ4n) is 0.749. The van der Waals surface area contributed by atoms with Crippen LogP contribution in [0.1, 0.15) is 12.8 Å². The van der Waals surface area contributed by atoms with Crippen molar-refractivity contribution in [1.82, 2.24) is 4.98 Å². The Morgan fingerprint density at radius 1 is 1.62 bits per heavy atom. The normalized spacial score (nSPS) is 9.15. The van der Waals surface area contributed by atoms with Gasteiger partial charge in [-0.15, -0.1) is 12.3 Å². The Labute approximate surface area is 81.8 Å². The zero-order valence-electron chi connectivity index (χ0n) is 7.06. The largest absolute Gasteiger partial charge is 0.287 e. The summed E-state index contributed by atoms with van der Waals surface area (Å²) in [4.78, 5) is 15.2. The molecule has 0 N–H and O–H groups in total. The monoisotopic (exact) mass is 191 g/mol. The van der Waals surface area contributed by atoms with Crippen molar-refractivity contribution in [2.24, 2.45) is 0 Å². The summed E-state index contributed by atoms with van der Waals surface area (Å²) < 4.78 is 0. The number of carbonyl (C=O) groups excluding carboxylic acids is 1. The van der Waals surface area contributed by atoms with Crippen LogP contribution in [0.3, 0.4) is 0 Å². The molecule has 0 aromatic carbocycles. The molecule has 1 heterocycles. The molecular weight excluding hydrogens is 182 g/mol. The quantitative estimate of drug-likeness (QED) is 0.541. The van der Waals surface area contributed by atoms with Crippen LogP contribution in [0.25, 0.3) is 0 Å². The highest BCUT2D eigenvalue weighted by molar-refractivity contribution is 8.13. The molecule has 1 aromatic heterocycles. The van der Waals surface area contributed by atoms with Gasteiger partial charge in [0.25, 0.3) is 0 Å². The minimum atomic E-state index is 0.0663. The van der Waals surface area contributed by atoms with Gasteiger partial charge in [0, 0.05) is 19.0 Å². The highest BCUT2D eigenvalue weighted by Gasteiger charge is 2.03. The highest BCUT2D eigenvalue weighted by Crippen LogP contribution is 2.17. The Bertz CT molecular complexity index is 315. The minimum Gasteiger partial charge on any atom is -0.287 e. The summed E-state index contributed by atoms with van der Waals surface area (Å²) in [5.41, 5.74) is 0. The topological polar surface area (TPSA) is 30.0 Å². The molecular formula is C10H9NOS. The first-order valence-electron chi connectivity index (χ1n) is 3.88. The first-order chi connectivity index (χ1) is 6.33. The average Bonchev–Trinajstić information content (AvgIpc) is 2.16. The zero-order valence-corrected chi connectivity index (χ0v) is 7.88. The Balaban J connectivity index is 2.42. The number of carbonyl (C=O) groups is 1. The number of hydrogen-bond donors (Lipinski definition) is 0. The predicted molar refractivity (Wildman–Crippen MR) is 53.2 cm³/mol. The first kappa shape index (κ1) is 9.82. The van der Waals surface area contributed by atoms with Gasteiger partial charge in [0.15, 0.2) is 5.12 Å². The standard InChI is InChI=1S/C10H9NOS/c1-2-3-7-10(12)13-9-6-4-5-8-11-9/h1,4-6,8H,3,7H2. The summed E-state index contributed by atoms with van der Waals surface area (Å²) in [5.74, 6) is 2.43. The summed E-state index contributed by atoms with van der Waals surface area (Å²) >= 11 is 1.14. The molecule has 0 saturated carbocycles. The molecule has 0 unspecified atom stereocenters. The van der Waals surface area contributed by atoms with E-state index >= 15 is 0 Å². The van der Waals surface area contributed by atoms with Crippen molar-refractivity contribution in [3.8, 4) is 12.3 Å². The molecule has 0 aliphatic heterocycles. The zero-order chi connectivity index (χ0) is 9.52. The van der Waals surface area contributed by atoms with Crippen LogP contribution in [0.15, 0.2) is 29.4 Å². The van der Waals surface area contributed by atoms with Crippen LogP contribution in [-0.4, -0.2) is 10.1 Å². The van der Waals surface area contributed by atoms with Gasteiger partial charge >= 0.3 is 0 Å². The molecule has 0 radical (unpaired) electrons. The van der Waals surface area contributed by atoms with E-state index in [2.05, 4.69) is 10.9 Å². The number of aromatic nitrogens is 1. The smallest absolute Gasteiger partial charge is 0.196 e. The second kappa shape index (κ2) is 5.39. The Hall–Kier alpha value is -1.27. The van der Waals surface area contributed by atoms with Gasteiger partial charge in [-0.25, -0.2) is 4.98 Å². The van der Waals surface area contributed by atoms with E-state index in [0.29, 0.717) is 12.8 Å². The summed E-state index contributed by atoms with van der Waals surface area (Å²) in [7, 11) is 0. The van der Waals surface area contributed by atoms with Gasteiger partial charge in [-0.05, 0) is 23.9 Å². The molecule has 0 spiro atoms. The van der Waals surface area contributed by atoms with E-state index in [4.69, 9.17) is 6.42 Å². The molecule has 1 rings (SSSR count). The molecule has 0 atom stereocenters. The summed E-state index contributed by atoms with van der Waals surface area (Å²) in [6, 6.07) is 5.47. The molecule has 0 fully saturated rings. The molecule has 0 bridgehead atoms. The number of pyridine rings is 1. The molecule has 0 amide bonds. The Kier molecular flexibility index (Phi) is 4.07. The first-order valence-corrected chi connectivity index (χ1v) is 4.70. The van der Waals surface area contributed by atoms with Crippen LogP contribution in [0, 0.1) is 12.3 Å². The third kappa shape index (κ3) is 3.77. The van der Waals surface area contributed by atoms with Crippen molar-refractivity contribution >= 4 is 16.9 Å². The van der Waals surface area contributed by atoms with Gasteiger partial charge in [0.2, 0.25) is 0 Å². The van der Waals surface area contributed by atoms with E-state index in [-0.39, 0.29) is 5.12 Å². The van der Waals surface area contributed by atoms with Crippen molar-refractivity contribution in [2.45, 2.75) is 17.9 Å². The number of terminal acetylenes is 1. The van der Waals surface area contributed by atoms with Gasteiger partial charge in [-0.2, -0.15) is 0 Å². The fraction of sp³-hybridized carbons (Fsp3) is 0.200. The van der Waals surface area contributed by atoms with E-state index < -0.39 is 0 Å². The van der Waals surface area contributed by atoms with Crippen LogP contribution < -0.4 is 0 Å². The second-order valence-corrected chi connectivity index (χ2v) is 3.42. The van der Waals surface area contributed by atoms with Crippen molar-refractivity contribution in [3.63, 3.8) is 0 Å². The lowest BCUT2D eigenvalue weighted by molar-refractivity contribution is -0.110. The minimum absolute atomic E-state index is 0.0663. The predicted octanol–water partition coefficient (Wildman–Crippen LogP) is 2.11. The Morgan fingerprint density at radius 2 is 2.46 bits per heavy atom. The van der Waals surface area contributed by atoms with Crippen LogP contribution in [0.5, 0.6) is 0 Å². The van der Waals surface area contributed by atoms with E-state index in [9.17, 15) is 4.79 Å². The SMILES string of the molecule is C#CCCC(=O)Sc1ccccn1. The van der Waals surface area contributed by atoms with Gasteiger partial charge in [0.1, 0.15) is 5.03 Å². The summed E-state index contributed by atoms with van der Waals surface area (Å²) in [6.07, 6.45) is 7.62. The molecule has 0 aliphatic carbocycles. The highest BCUT2D eigenvalue weighted by atomic mass is 32.2. The fourth-order valence-corrected chi connectivity index (χ4v) is 1.45.